The number of amides is 1. The summed E-state index contributed by atoms with van der Waals surface area (Å²) in [6.07, 6.45) is -2.80. The van der Waals surface area contributed by atoms with Gasteiger partial charge in [0.1, 0.15) is 4.88 Å². The van der Waals surface area contributed by atoms with Crippen molar-refractivity contribution in [1.82, 2.24) is 9.59 Å². The Kier molecular flexibility index (Phi) is 3.38. The Balaban J connectivity index is 2.18. The minimum Gasteiger partial charge on any atom is -0.321 e. The lowest BCUT2D eigenvalue weighted by Crippen LogP contribution is -2.12. The van der Waals surface area contributed by atoms with Gasteiger partial charge in [-0.2, -0.15) is 0 Å². The molecule has 1 N–H and O–H groups in total. The fraction of sp³-hybridized carbons (Fsp3) is 0.100. The summed E-state index contributed by atoms with van der Waals surface area (Å²) in [5, 5.41) is 5.73. The van der Waals surface area contributed by atoms with E-state index >= 15 is 0 Å². The molecule has 1 amide bonds. The number of nitrogens with zero attached hydrogens (tertiary/aromatic N) is 2. The Labute approximate surface area is 99.5 Å². The van der Waals surface area contributed by atoms with Crippen molar-refractivity contribution in [3.8, 4) is 0 Å². The molecule has 17 heavy (non-hydrogen) atoms. The standard InChI is InChI=1S/C10H7F2N3OS/c11-9(12)7-8(17-15-14-7)10(16)13-6-4-2-1-3-5-6/h1-5,9H,(H,13,16). The molecule has 1 heterocycles. The molecule has 4 nitrogen and oxygen atoms in total. The second-order valence-corrected chi connectivity index (χ2v) is 3.86. The van der Waals surface area contributed by atoms with E-state index in [4.69, 9.17) is 0 Å². The van der Waals surface area contributed by atoms with E-state index in [1.807, 2.05) is 0 Å². The quantitative estimate of drug-likeness (QED) is 0.917. The third kappa shape index (κ3) is 2.62. The fourth-order valence-electron chi connectivity index (χ4n) is 1.21. The Morgan fingerprint density at radius 1 is 1.29 bits per heavy atom. The molecule has 0 spiro atoms. The van der Waals surface area contributed by atoms with Crippen LogP contribution in [0.5, 0.6) is 0 Å². The van der Waals surface area contributed by atoms with E-state index in [0.717, 1.165) is 0 Å². The average Bonchev–Trinajstić information content (AvgIpc) is 2.79. The lowest BCUT2D eigenvalue weighted by Gasteiger charge is -2.03. The summed E-state index contributed by atoms with van der Waals surface area (Å²) in [6.45, 7) is 0. The monoisotopic (exact) mass is 255 g/mol. The Bertz CT molecular complexity index is 515. The molecule has 7 heteroatoms. The smallest absolute Gasteiger partial charge is 0.283 e. The maximum absolute atomic E-state index is 12.5. The van der Waals surface area contributed by atoms with Crippen molar-refractivity contribution in [2.24, 2.45) is 0 Å². The van der Waals surface area contributed by atoms with Gasteiger partial charge in [-0.15, -0.1) is 5.10 Å². The molecule has 0 unspecified atom stereocenters. The molecule has 0 aliphatic heterocycles. The van der Waals surface area contributed by atoms with Crippen molar-refractivity contribution >= 4 is 23.1 Å². The van der Waals surface area contributed by atoms with Gasteiger partial charge in [-0.25, -0.2) is 8.78 Å². The number of para-hydroxylation sites is 1. The molecule has 0 fully saturated rings. The molecule has 1 aromatic heterocycles. The van der Waals surface area contributed by atoms with E-state index < -0.39 is 18.0 Å². The number of carbonyl (C=O) groups excluding carboxylic acids is 1. The van der Waals surface area contributed by atoms with Gasteiger partial charge in [-0.3, -0.25) is 4.79 Å². The number of halogens is 2. The Hall–Kier alpha value is -1.89. The summed E-state index contributed by atoms with van der Waals surface area (Å²) in [7, 11) is 0. The molecule has 2 rings (SSSR count). The van der Waals surface area contributed by atoms with Crippen molar-refractivity contribution in [3.05, 3.63) is 40.9 Å². The number of aromatic nitrogens is 2. The van der Waals surface area contributed by atoms with Gasteiger partial charge in [0.25, 0.3) is 12.3 Å². The van der Waals surface area contributed by atoms with Crippen LogP contribution in [0.1, 0.15) is 21.8 Å². The highest BCUT2D eigenvalue weighted by Crippen LogP contribution is 2.23. The number of hydrogen-bond donors (Lipinski definition) is 1. The van der Waals surface area contributed by atoms with Crippen LogP contribution in [0.2, 0.25) is 0 Å². The number of nitrogens with one attached hydrogen (secondary N) is 1. The van der Waals surface area contributed by atoms with Crippen LogP contribution >= 0.6 is 11.5 Å². The predicted octanol–water partition coefficient (Wildman–Crippen LogP) is 2.73. The number of benzene rings is 1. The number of alkyl halides is 2. The van der Waals surface area contributed by atoms with E-state index in [0.29, 0.717) is 17.2 Å². The maximum Gasteiger partial charge on any atom is 0.283 e. The van der Waals surface area contributed by atoms with E-state index in [9.17, 15) is 13.6 Å². The van der Waals surface area contributed by atoms with Gasteiger partial charge >= 0.3 is 0 Å². The predicted molar refractivity (Wildman–Crippen MR) is 59.3 cm³/mol. The lowest BCUT2D eigenvalue weighted by molar-refractivity contribution is 0.101. The number of rotatable bonds is 3. The first-order valence-corrected chi connectivity index (χ1v) is 5.42. The van der Waals surface area contributed by atoms with Crippen LogP contribution in [0, 0.1) is 0 Å². The first-order chi connectivity index (χ1) is 8.18. The summed E-state index contributed by atoms with van der Waals surface area (Å²) in [6, 6.07) is 8.57. The molecular weight excluding hydrogens is 248 g/mol. The third-order valence-electron chi connectivity index (χ3n) is 1.96. The molecule has 0 saturated carbocycles. The summed E-state index contributed by atoms with van der Waals surface area (Å²) in [5.41, 5.74) is -0.0467. The average molecular weight is 255 g/mol. The zero-order chi connectivity index (χ0) is 12.3. The van der Waals surface area contributed by atoms with E-state index in [1.165, 1.54) is 0 Å². The van der Waals surface area contributed by atoms with Crippen LogP contribution < -0.4 is 5.32 Å². The number of anilines is 1. The zero-order valence-corrected chi connectivity index (χ0v) is 9.25. The largest absolute Gasteiger partial charge is 0.321 e. The van der Waals surface area contributed by atoms with Crippen LogP contribution in [0.15, 0.2) is 30.3 Å². The molecule has 0 aliphatic rings. The van der Waals surface area contributed by atoms with Gasteiger partial charge in [-0.1, -0.05) is 22.7 Å². The van der Waals surface area contributed by atoms with Gasteiger partial charge in [0.2, 0.25) is 0 Å². The fourth-order valence-corrected chi connectivity index (χ4v) is 1.78. The summed E-state index contributed by atoms with van der Waals surface area (Å²) >= 11 is 0.652. The van der Waals surface area contributed by atoms with Crippen LogP contribution in [0.3, 0.4) is 0 Å². The second kappa shape index (κ2) is 4.96. The van der Waals surface area contributed by atoms with Gasteiger partial charge in [-0.05, 0) is 23.7 Å². The van der Waals surface area contributed by atoms with E-state index in [-0.39, 0.29) is 4.88 Å². The Morgan fingerprint density at radius 2 is 2.00 bits per heavy atom. The van der Waals surface area contributed by atoms with Crippen molar-refractivity contribution < 1.29 is 13.6 Å². The van der Waals surface area contributed by atoms with Crippen molar-refractivity contribution in [3.63, 3.8) is 0 Å². The summed E-state index contributed by atoms with van der Waals surface area (Å²) in [5.74, 6) is -0.624. The Morgan fingerprint density at radius 3 is 2.65 bits per heavy atom. The van der Waals surface area contributed by atoms with Crippen LogP contribution in [-0.4, -0.2) is 15.5 Å². The summed E-state index contributed by atoms with van der Waals surface area (Å²) < 4.78 is 28.3. The molecule has 0 radical (unpaired) electrons. The number of carbonyl (C=O) groups is 1. The topological polar surface area (TPSA) is 54.9 Å². The highest BCUT2D eigenvalue weighted by atomic mass is 32.1. The third-order valence-corrected chi connectivity index (χ3v) is 2.70. The van der Waals surface area contributed by atoms with Gasteiger partial charge in [0.15, 0.2) is 5.69 Å². The minimum absolute atomic E-state index is 0.163. The molecule has 88 valence electrons. The zero-order valence-electron chi connectivity index (χ0n) is 8.43. The molecule has 0 bridgehead atoms. The van der Waals surface area contributed by atoms with Gasteiger partial charge in [0.05, 0.1) is 0 Å². The first kappa shape index (κ1) is 11.6. The van der Waals surface area contributed by atoms with Crippen molar-refractivity contribution in [2.75, 3.05) is 5.32 Å². The van der Waals surface area contributed by atoms with Crippen LogP contribution in [0.4, 0.5) is 14.5 Å². The van der Waals surface area contributed by atoms with Gasteiger partial charge < -0.3 is 5.32 Å². The number of hydrogen-bond acceptors (Lipinski definition) is 4. The molecular formula is C10H7F2N3OS. The van der Waals surface area contributed by atoms with Crippen LogP contribution in [0.25, 0.3) is 0 Å². The molecule has 0 aliphatic carbocycles. The van der Waals surface area contributed by atoms with Gasteiger partial charge in [0, 0.05) is 5.69 Å². The van der Waals surface area contributed by atoms with Crippen molar-refractivity contribution in [1.29, 1.82) is 0 Å². The van der Waals surface area contributed by atoms with E-state index in [2.05, 4.69) is 14.9 Å². The SMILES string of the molecule is O=C(Nc1ccccc1)c1snnc1C(F)F. The molecule has 1 aromatic carbocycles. The lowest BCUT2D eigenvalue weighted by atomic mass is 10.3. The summed E-state index contributed by atoms with van der Waals surface area (Å²) in [4.78, 5) is 11.5. The molecule has 2 aromatic rings. The van der Waals surface area contributed by atoms with Crippen molar-refractivity contribution in [2.45, 2.75) is 6.43 Å². The highest BCUT2D eigenvalue weighted by Gasteiger charge is 2.23. The molecule has 0 saturated heterocycles. The second-order valence-electron chi connectivity index (χ2n) is 3.11. The molecule has 0 atom stereocenters. The highest BCUT2D eigenvalue weighted by molar-refractivity contribution is 7.08. The first-order valence-electron chi connectivity index (χ1n) is 4.65. The van der Waals surface area contributed by atoms with E-state index in [1.54, 1.807) is 30.3 Å². The minimum atomic E-state index is -2.80. The normalized spacial score (nSPS) is 10.5. The van der Waals surface area contributed by atoms with Crippen LogP contribution in [-0.2, 0) is 0 Å². The maximum atomic E-state index is 12.5.